The van der Waals surface area contributed by atoms with Crippen LogP contribution in [0, 0.1) is 5.82 Å². The minimum absolute atomic E-state index is 0.0127. The second-order valence-electron chi connectivity index (χ2n) is 6.18. The van der Waals surface area contributed by atoms with Crippen LogP contribution < -0.4 is 11.1 Å². The molecule has 0 spiro atoms. The second kappa shape index (κ2) is 8.81. The Kier molecular flexibility index (Phi) is 6.01. The minimum Gasteiger partial charge on any atom is -0.452 e. The van der Waals surface area contributed by atoms with Gasteiger partial charge in [-0.2, -0.15) is 0 Å². The quantitative estimate of drug-likeness (QED) is 0.505. The van der Waals surface area contributed by atoms with Crippen molar-refractivity contribution >= 4 is 23.3 Å². The lowest BCUT2D eigenvalue weighted by atomic mass is 10.0. The first-order chi connectivity index (χ1) is 13.5. The van der Waals surface area contributed by atoms with E-state index in [2.05, 4.69) is 5.32 Å². The van der Waals surface area contributed by atoms with E-state index in [9.17, 15) is 14.0 Å². The zero-order valence-corrected chi connectivity index (χ0v) is 15.0. The molecule has 3 rings (SSSR count). The lowest BCUT2D eigenvalue weighted by molar-refractivity contribution is -0.119. The van der Waals surface area contributed by atoms with E-state index in [4.69, 9.17) is 10.5 Å². The third-order valence-corrected chi connectivity index (χ3v) is 4.10. The number of rotatable bonds is 6. The maximum atomic E-state index is 13.1. The highest BCUT2D eigenvalue weighted by Crippen LogP contribution is 2.19. The molecular formula is C22H19FN2O3. The van der Waals surface area contributed by atoms with Gasteiger partial charge in [-0.05, 0) is 41.8 Å². The summed E-state index contributed by atoms with van der Waals surface area (Å²) in [5.74, 6) is -1.82. The first-order valence-electron chi connectivity index (χ1n) is 8.67. The summed E-state index contributed by atoms with van der Waals surface area (Å²) in [5.41, 5.74) is 8.27. The van der Waals surface area contributed by atoms with Crippen molar-refractivity contribution in [2.75, 3.05) is 17.7 Å². The van der Waals surface area contributed by atoms with Crippen LogP contribution in [0.25, 0.3) is 0 Å². The number of esters is 1. The van der Waals surface area contributed by atoms with Gasteiger partial charge < -0.3 is 15.8 Å². The van der Waals surface area contributed by atoms with Crippen LogP contribution in [0.4, 0.5) is 15.8 Å². The molecule has 0 radical (unpaired) electrons. The number of ether oxygens (including phenoxy) is 1. The predicted octanol–water partition coefficient (Wildman–Crippen LogP) is 3.79. The van der Waals surface area contributed by atoms with Gasteiger partial charge in [0, 0.05) is 11.4 Å². The van der Waals surface area contributed by atoms with Crippen molar-refractivity contribution in [2.45, 2.75) is 6.42 Å². The summed E-state index contributed by atoms with van der Waals surface area (Å²) in [6.45, 7) is -0.477. The van der Waals surface area contributed by atoms with Gasteiger partial charge in [0.05, 0.1) is 5.56 Å². The van der Waals surface area contributed by atoms with Gasteiger partial charge in [0.1, 0.15) is 5.82 Å². The zero-order chi connectivity index (χ0) is 19.9. The molecule has 0 atom stereocenters. The molecule has 28 heavy (non-hydrogen) atoms. The Morgan fingerprint density at radius 2 is 1.68 bits per heavy atom. The summed E-state index contributed by atoms with van der Waals surface area (Å²) in [4.78, 5) is 24.2. The van der Waals surface area contributed by atoms with Crippen LogP contribution in [0.1, 0.15) is 21.5 Å². The van der Waals surface area contributed by atoms with Crippen molar-refractivity contribution in [3.05, 3.63) is 95.3 Å². The third kappa shape index (κ3) is 4.94. The molecule has 0 unspecified atom stereocenters. The average Bonchev–Trinajstić information content (AvgIpc) is 2.68. The molecule has 0 aliphatic rings. The third-order valence-electron chi connectivity index (χ3n) is 4.10. The summed E-state index contributed by atoms with van der Waals surface area (Å²) >= 11 is 0. The van der Waals surface area contributed by atoms with Gasteiger partial charge in [-0.25, -0.2) is 9.18 Å². The molecular weight excluding hydrogens is 359 g/mol. The van der Waals surface area contributed by atoms with Crippen LogP contribution in [0.3, 0.4) is 0 Å². The van der Waals surface area contributed by atoms with Crippen molar-refractivity contribution in [1.29, 1.82) is 0 Å². The number of benzene rings is 3. The lowest BCUT2D eigenvalue weighted by Gasteiger charge is -2.12. The number of nitrogens with two attached hydrogens (primary N) is 1. The highest BCUT2D eigenvalue weighted by atomic mass is 19.1. The highest BCUT2D eigenvalue weighted by Gasteiger charge is 2.14. The number of nitrogen functional groups attached to an aromatic ring is 1. The number of para-hydroxylation sites is 1. The Bertz CT molecular complexity index is 990. The Balaban J connectivity index is 1.61. The normalized spacial score (nSPS) is 10.3. The first-order valence-corrected chi connectivity index (χ1v) is 8.67. The Morgan fingerprint density at radius 1 is 0.964 bits per heavy atom. The Morgan fingerprint density at radius 3 is 2.43 bits per heavy atom. The molecule has 3 N–H and O–H groups in total. The van der Waals surface area contributed by atoms with Gasteiger partial charge in [0.15, 0.2) is 6.61 Å². The van der Waals surface area contributed by atoms with Crippen molar-refractivity contribution in [3.63, 3.8) is 0 Å². The molecule has 0 heterocycles. The molecule has 0 bridgehead atoms. The molecule has 0 aliphatic heterocycles. The van der Waals surface area contributed by atoms with Crippen LogP contribution in [-0.4, -0.2) is 18.5 Å². The Hall–Kier alpha value is -3.67. The van der Waals surface area contributed by atoms with E-state index in [-0.39, 0.29) is 11.3 Å². The fraction of sp³-hybridized carbons (Fsp3) is 0.0909. The molecule has 6 heteroatoms. The van der Waals surface area contributed by atoms with Gasteiger partial charge in [-0.3, -0.25) is 4.79 Å². The predicted molar refractivity (Wildman–Crippen MR) is 105 cm³/mol. The molecule has 5 nitrogen and oxygen atoms in total. The number of amides is 1. The summed E-state index contributed by atoms with van der Waals surface area (Å²) in [6.07, 6.45) is 0.656. The van der Waals surface area contributed by atoms with E-state index in [1.807, 2.05) is 48.5 Å². The van der Waals surface area contributed by atoms with E-state index in [0.29, 0.717) is 12.1 Å². The molecule has 0 saturated carbocycles. The maximum absolute atomic E-state index is 13.1. The van der Waals surface area contributed by atoms with Crippen molar-refractivity contribution in [1.82, 2.24) is 0 Å². The van der Waals surface area contributed by atoms with Gasteiger partial charge in [0.2, 0.25) is 0 Å². The van der Waals surface area contributed by atoms with Gasteiger partial charge >= 0.3 is 5.97 Å². The van der Waals surface area contributed by atoms with Gasteiger partial charge in [-0.1, -0.05) is 48.5 Å². The van der Waals surface area contributed by atoms with Crippen LogP contribution in [0.15, 0.2) is 72.8 Å². The van der Waals surface area contributed by atoms with Crippen molar-refractivity contribution in [2.24, 2.45) is 0 Å². The fourth-order valence-electron chi connectivity index (χ4n) is 2.73. The van der Waals surface area contributed by atoms with Crippen molar-refractivity contribution in [3.8, 4) is 0 Å². The fourth-order valence-corrected chi connectivity index (χ4v) is 2.73. The molecule has 0 fully saturated rings. The number of carbonyl (C=O) groups excluding carboxylic acids is 2. The number of anilines is 2. The van der Waals surface area contributed by atoms with Crippen LogP contribution in [0.5, 0.6) is 0 Å². The zero-order valence-electron chi connectivity index (χ0n) is 15.0. The van der Waals surface area contributed by atoms with Crippen LogP contribution in [0.2, 0.25) is 0 Å². The van der Waals surface area contributed by atoms with Gasteiger partial charge in [-0.15, -0.1) is 0 Å². The number of nitrogens with one attached hydrogen (secondary N) is 1. The summed E-state index contributed by atoms with van der Waals surface area (Å²) in [6, 6.07) is 20.6. The molecule has 3 aromatic rings. The van der Waals surface area contributed by atoms with E-state index in [1.165, 1.54) is 6.07 Å². The van der Waals surface area contributed by atoms with E-state index < -0.39 is 24.3 Å². The number of halogens is 1. The van der Waals surface area contributed by atoms with E-state index >= 15 is 0 Å². The monoisotopic (exact) mass is 378 g/mol. The second-order valence-corrected chi connectivity index (χ2v) is 6.18. The summed E-state index contributed by atoms with van der Waals surface area (Å²) in [5, 5.41) is 2.75. The van der Waals surface area contributed by atoms with Crippen LogP contribution >= 0.6 is 0 Å². The molecule has 142 valence electrons. The summed E-state index contributed by atoms with van der Waals surface area (Å²) in [7, 11) is 0. The number of hydrogen-bond acceptors (Lipinski definition) is 4. The molecule has 1 amide bonds. The average molecular weight is 378 g/mol. The van der Waals surface area contributed by atoms with Gasteiger partial charge in [0.25, 0.3) is 5.91 Å². The smallest absolute Gasteiger partial charge is 0.340 e. The number of carbonyl (C=O) groups is 2. The first kappa shape index (κ1) is 19.1. The molecule has 0 aliphatic carbocycles. The van der Waals surface area contributed by atoms with Crippen LogP contribution in [-0.2, 0) is 16.0 Å². The highest BCUT2D eigenvalue weighted by molar-refractivity contribution is 5.98. The maximum Gasteiger partial charge on any atom is 0.340 e. The number of hydrogen-bond donors (Lipinski definition) is 2. The molecule has 0 aromatic heterocycles. The lowest BCUT2D eigenvalue weighted by Crippen LogP contribution is -2.22. The topological polar surface area (TPSA) is 81.4 Å². The Labute approximate surface area is 161 Å². The van der Waals surface area contributed by atoms with E-state index in [0.717, 1.165) is 23.3 Å². The van der Waals surface area contributed by atoms with Crippen molar-refractivity contribution < 1.29 is 18.7 Å². The largest absolute Gasteiger partial charge is 0.452 e. The molecule has 3 aromatic carbocycles. The SMILES string of the molecule is Nc1cc(F)ccc1C(=O)OCC(=O)Nc1ccccc1Cc1ccccc1. The van der Waals surface area contributed by atoms with E-state index in [1.54, 1.807) is 6.07 Å². The minimum atomic E-state index is -0.787. The standard InChI is InChI=1S/C22H19FN2O3/c23-17-10-11-18(19(24)13-17)22(27)28-14-21(26)25-20-9-5-4-8-16(20)12-15-6-2-1-3-7-15/h1-11,13H,12,14,24H2,(H,25,26). The summed E-state index contributed by atoms with van der Waals surface area (Å²) < 4.78 is 18.1. The molecule has 0 saturated heterocycles.